The van der Waals surface area contributed by atoms with Gasteiger partial charge in [-0.2, -0.15) is 0 Å². The smallest absolute Gasteiger partial charge is 0.0468 e. The van der Waals surface area contributed by atoms with Gasteiger partial charge < -0.3 is 9.80 Å². The first-order chi connectivity index (χ1) is 28.3. The number of para-hydroxylation sites is 2. The van der Waals surface area contributed by atoms with Crippen LogP contribution >= 0.6 is 0 Å². The van der Waals surface area contributed by atoms with Gasteiger partial charge in [0.15, 0.2) is 0 Å². The summed E-state index contributed by atoms with van der Waals surface area (Å²) in [6, 6.07) is 71.8. The van der Waals surface area contributed by atoms with Gasteiger partial charge in [0.05, 0.1) is 0 Å². The Morgan fingerprint density at radius 3 is 1.22 bits per heavy atom. The van der Waals surface area contributed by atoms with Crippen LogP contribution in [-0.4, -0.2) is 0 Å². The second-order valence-electron chi connectivity index (χ2n) is 17.0. The SMILES string of the molecule is CC1(C)c2ccccc2-c2ccc(N(c3ccccc3)c3ccc4c(ccc5ccc(N(c6ccccc6)c6ccc7c(c6)C(C)(C)c6ccccc6-7)cc54)c3)cc21. The lowest BCUT2D eigenvalue weighted by atomic mass is 9.82. The van der Waals surface area contributed by atoms with E-state index in [1.807, 2.05) is 0 Å². The van der Waals surface area contributed by atoms with E-state index < -0.39 is 0 Å². The first-order valence-corrected chi connectivity index (χ1v) is 20.4. The summed E-state index contributed by atoms with van der Waals surface area (Å²) in [5.41, 5.74) is 17.5. The number of hydrogen-bond donors (Lipinski definition) is 0. The van der Waals surface area contributed by atoms with Crippen LogP contribution in [0, 0.1) is 0 Å². The molecule has 0 aliphatic heterocycles. The quantitative estimate of drug-likeness (QED) is 0.156. The summed E-state index contributed by atoms with van der Waals surface area (Å²) in [4.78, 5) is 4.82. The maximum absolute atomic E-state index is 2.42. The second-order valence-corrected chi connectivity index (χ2v) is 17.0. The average molecular weight is 745 g/mol. The normalized spacial score (nSPS) is 14.1. The van der Waals surface area contributed by atoms with E-state index in [0.29, 0.717) is 0 Å². The van der Waals surface area contributed by atoms with Gasteiger partial charge in [0.25, 0.3) is 0 Å². The van der Waals surface area contributed by atoms with Gasteiger partial charge in [0.1, 0.15) is 0 Å². The Kier molecular flexibility index (Phi) is 7.59. The Bertz CT molecular complexity index is 3070. The largest absolute Gasteiger partial charge is 0.310 e. The van der Waals surface area contributed by atoms with E-state index in [1.54, 1.807) is 0 Å². The van der Waals surface area contributed by atoms with Crippen molar-refractivity contribution in [2.75, 3.05) is 9.80 Å². The molecule has 0 aromatic heterocycles. The summed E-state index contributed by atoms with van der Waals surface area (Å²) >= 11 is 0. The second kappa shape index (κ2) is 12.8. The highest BCUT2D eigenvalue weighted by molar-refractivity contribution is 6.10. The van der Waals surface area contributed by atoms with Gasteiger partial charge in [-0.15, -0.1) is 0 Å². The van der Waals surface area contributed by atoms with Crippen molar-refractivity contribution in [3.05, 3.63) is 216 Å². The summed E-state index contributed by atoms with van der Waals surface area (Å²) in [6.45, 7) is 9.42. The third kappa shape index (κ3) is 5.18. The van der Waals surface area contributed by atoms with Crippen molar-refractivity contribution in [1.82, 2.24) is 0 Å². The zero-order chi connectivity index (χ0) is 39.2. The molecule has 2 aliphatic rings. The van der Waals surface area contributed by atoms with Gasteiger partial charge in [0.2, 0.25) is 0 Å². The highest BCUT2D eigenvalue weighted by Gasteiger charge is 2.37. The van der Waals surface area contributed by atoms with Crippen LogP contribution in [0.25, 0.3) is 43.8 Å². The molecule has 9 aromatic carbocycles. The molecule has 278 valence electrons. The van der Waals surface area contributed by atoms with E-state index in [0.717, 1.165) is 34.1 Å². The van der Waals surface area contributed by atoms with E-state index in [4.69, 9.17) is 0 Å². The lowest BCUT2D eigenvalue weighted by Crippen LogP contribution is -2.16. The van der Waals surface area contributed by atoms with E-state index in [2.05, 4.69) is 232 Å². The summed E-state index contributed by atoms with van der Waals surface area (Å²) < 4.78 is 0. The Morgan fingerprint density at radius 2 is 0.672 bits per heavy atom. The molecule has 0 amide bonds. The zero-order valence-corrected chi connectivity index (χ0v) is 33.4. The first kappa shape index (κ1) is 34.4. The maximum atomic E-state index is 2.42. The average Bonchev–Trinajstić information content (AvgIpc) is 3.63. The number of hydrogen-bond acceptors (Lipinski definition) is 2. The monoisotopic (exact) mass is 744 g/mol. The standard InChI is InChI=1S/C56H44N2/c1-55(2)51-21-13-11-19-46(51)48-31-28-43(35-53(48)55)57(39-15-7-5-8-16-39)41-27-30-45-38(33-41)24-23-37-25-26-42(34-50(37)45)58(40-17-9-6-10-18-40)44-29-32-49-47-20-12-14-22-52(47)56(3,4)54(49)36-44/h5-36H,1-4H3. The van der Waals surface area contributed by atoms with E-state index in [9.17, 15) is 0 Å². The zero-order valence-electron chi connectivity index (χ0n) is 33.4. The molecular weight excluding hydrogens is 701 g/mol. The Balaban J connectivity index is 1.03. The molecule has 2 aliphatic carbocycles. The van der Waals surface area contributed by atoms with Crippen LogP contribution in [0.3, 0.4) is 0 Å². The van der Waals surface area contributed by atoms with Crippen molar-refractivity contribution in [1.29, 1.82) is 0 Å². The first-order valence-electron chi connectivity index (χ1n) is 20.4. The molecule has 0 saturated heterocycles. The molecule has 0 heterocycles. The van der Waals surface area contributed by atoms with Crippen LogP contribution in [0.1, 0.15) is 49.9 Å². The summed E-state index contributed by atoms with van der Waals surface area (Å²) in [6.07, 6.45) is 0. The third-order valence-corrected chi connectivity index (χ3v) is 13.0. The Morgan fingerprint density at radius 1 is 0.276 bits per heavy atom. The molecule has 2 heteroatoms. The van der Waals surface area contributed by atoms with Crippen molar-refractivity contribution in [3.63, 3.8) is 0 Å². The Hall–Kier alpha value is -6.90. The minimum atomic E-state index is -0.0871. The number of rotatable bonds is 6. The number of benzene rings is 9. The van der Waals surface area contributed by atoms with Crippen molar-refractivity contribution in [2.24, 2.45) is 0 Å². The summed E-state index contributed by atoms with van der Waals surface area (Å²) in [5, 5.41) is 4.91. The molecule has 2 nitrogen and oxygen atoms in total. The van der Waals surface area contributed by atoms with Crippen molar-refractivity contribution in [3.8, 4) is 22.3 Å². The van der Waals surface area contributed by atoms with Gasteiger partial charge in [0, 0.05) is 45.0 Å². The molecule has 0 N–H and O–H groups in total. The van der Waals surface area contributed by atoms with Gasteiger partial charge >= 0.3 is 0 Å². The molecule has 9 aromatic rings. The fraction of sp³-hybridized carbons (Fsp3) is 0.107. The molecule has 0 bridgehead atoms. The minimum absolute atomic E-state index is 0.0844. The van der Waals surface area contributed by atoms with Crippen LogP contribution in [0.4, 0.5) is 34.1 Å². The fourth-order valence-electron chi connectivity index (χ4n) is 10.0. The maximum Gasteiger partial charge on any atom is 0.0468 e. The number of nitrogens with zero attached hydrogens (tertiary/aromatic N) is 2. The van der Waals surface area contributed by atoms with Crippen LogP contribution in [0.15, 0.2) is 194 Å². The molecule has 0 unspecified atom stereocenters. The van der Waals surface area contributed by atoms with Crippen molar-refractivity contribution < 1.29 is 0 Å². The summed E-state index contributed by atoms with van der Waals surface area (Å²) in [7, 11) is 0. The highest BCUT2D eigenvalue weighted by Crippen LogP contribution is 2.52. The molecule has 0 saturated carbocycles. The van der Waals surface area contributed by atoms with Crippen molar-refractivity contribution >= 4 is 55.7 Å². The topological polar surface area (TPSA) is 6.48 Å². The molecule has 0 radical (unpaired) electrons. The molecule has 11 rings (SSSR count). The lowest BCUT2D eigenvalue weighted by molar-refractivity contribution is 0.660. The van der Waals surface area contributed by atoms with Crippen LogP contribution in [0.5, 0.6) is 0 Å². The van der Waals surface area contributed by atoms with Crippen molar-refractivity contribution in [2.45, 2.75) is 38.5 Å². The highest BCUT2D eigenvalue weighted by atomic mass is 15.1. The van der Waals surface area contributed by atoms with Gasteiger partial charge in [-0.05, 0) is 139 Å². The molecule has 58 heavy (non-hydrogen) atoms. The molecular formula is C56H44N2. The fourth-order valence-corrected chi connectivity index (χ4v) is 10.0. The predicted octanol–water partition coefficient (Wildman–Crippen LogP) is 15.5. The molecule has 0 atom stereocenters. The lowest BCUT2D eigenvalue weighted by Gasteiger charge is -2.29. The van der Waals surface area contributed by atoms with Gasteiger partial charge in [-0.1, -0.05) is 149 Å². The molecule has 0 fully saturated rings. The third-order valence-electron chi connectivity index (χ3n) is 13.0. The number of anilines is 6. The number of fused-ring (bicyclic) bond motifs is 9. The minimum Gasteiger partial charge on any atom is -0.310 e. The van der Waals surface area contributed by atoms with Gasteiger partial charge in [-0.25, -0.2) is 0 Å². The molecule has 0 spiro atoms. The predicted molar refractivity (Wildman–Crippen MR) is 246 cm³/mol. The van der Waals surface area contributed by atoms with E-state index in [-0.39, 0.29) is 10.8 Å². The van der Waals surface area contributed by atoms with Gasteiger partial charge in [-0.3, -0.25) is 0 Å². The summed E-state index contributed by atoms with van der Waals surface area (Å²) in [5.74, 6) is 0. The van der Waals surface area contributed by atoms with Crippen LogP contribution < -0.4 is 9.80 Å². The van der Waals surface area contributed by atoms with E-state index >= 15 is 0 Å². The Labute approximate surface area is 341 Å². The van der Waals surface area contributed by atoms with Crippen LogP contribution in [0.2, 0.25) is 0 Å². The van der Waals surface area contributed by atoms with E-state index in [1.165, 1.54) is 66.1 Å². The van der Waals surface area contributed by atoms with Crippen LogP contribution in [-0.2, 0) is 10.8 Å².